The van der Waals surface area contributed by atoms with Crippen molar-refractivity contribution >= 4 is 34.6 Å². The molecule has 0 radical (unpaired) electrons. The summed E-state index contributed by atoms with van der Waals surface area (Å²) < 4.78 is 0. The monoisotopic (exact) mass is 531 g/mol. The summed E-state index contributed by atoms with van der Waals surface area (Å²) in [6, 6.07) is 2.94. The zero-order valence-corrected chi connectivity index (χ0v) is 22.7. The van der Waals surface area contributed by atoms with Gasteiger partial charge in [0.15, 0.2) is 6.04 Å². The van der Waals surface area contributed by atoms with Gasteiger partial charge >= 0.3 is 5.97 Å². The fraction of sp³-hybridized carbons (Fsp3) is 0.556. The SMILES string of the molecule is CCC(C)C(N)C(=O)NC(CC(C)C)C(=O)NC(Cc1c[nH]c2ccccc12)C(=O)NC(C(=O)O)C(C)O. The van der Waals surface area contributed by atoms with Crippen LogP contribution in [0.25, 0.3) is 10.9 Å². The Kier molecular flexibility index (Phi) is 11.3. The van der Waals surface area contributed by atoms with E-state index in [1.807, 2.05) is 52.0 Å². The largest absolute Gasteiger partial charge is 0.480 e. The number of carbonyl (C=O) groups excluding carboxylic acids is 3. The number of aliphatic carboxylic acids is 1. The zero-order chi connectivity index (χ0) is 28.6. The second-order valence-corrected chi connectivity index (χ2v) is 10.3. The number of rotatable bonds is 14. The third kappa shape index (κ3) is 8.29. The maximum absolute atomic E-state index is 13.4. The Balaban J connectivity index is 2.33. The highest BCUT2D eigenvalue weighted by Gasteiger charge is 2.33. The molecule has 0 aliphatic heterocycles. The predicted octanol–water partition coefficient (Wildman–Crippen LogP) is 1.05. The molecule has 0 fully saturated rings. The molecule has 6 unspecified atom stereocenters. The summed E-state index contributed by atoms with van der Waals surface area (Å²) >= 11 is 0. The number of para-hydroxylation sites is 1. The van der Waals surface area contributed by atoms with Crippen LogP contribution in [0.15, 0.2) is 30.5 Å². The number of carbonyl (C=O) groups is 4. The van der Waals surface area contributed by atoms with E-state index in [1.165, 1.54) is 6.92 Å². The third-order valence-corrected chi connectivity index (χ3v) is 6.68. The molecule has 0 aliphatic rings. The first-order valence-electron chi connectivity index (χ1n) is 13.0. The summed E-state index contributed by atoms with van der Waals surface area (Å²) in [6.45, 7) is 8.82. The molecule has 6 atom stereocenters. The van der Waals surface area contributed by atoms with Gasteiger partial charge in [0.25, 0.3) is 0 Å². The molecule has 0 bridgehead atoms. The van der Waals surface area contributed by atoms with Gasteiger partial charge in [0.05, 0.1) is 12.1 Å². The number of aliphatic hydroxyl groups excluding tert-OH is 1. The topological polar surface area (TPSA) is 187 Å². The van der Waals surface area contributed by atoms with E-state index < -0.39 is 54.0 Å². The normalized spacial score (nSPS) is 16.2. The van der Waals surface area contributed by atoms with Crippen molar-refractivity contribution < 1.29 is 29.4 Å². The minimum atomic E-state index is -1.57. The lowest BCUT2D eigenvalue weighted by molar-refractivity contribution is -0.145. The Morgan fingerprint density at radius 3 is 2.13 bits per heavy atom. The number of carboxylic acids is 1. The second-order valence-electron chi connectivity index (χ2n) is 10.3. The number of aromatic amines is 1. The fourth-order valence-electron chi connectivity index (χ4n) is 4.13. The van der Waals surface area contributed by atoms with Crippen LogP contribution in [-0.2, 0) is 25.6 Å². The molecule has 2 aromatic rings. The minimum Gasteiger partial charge on any atom is -0.480 e. The molecule has 0 aliphatic carbocycles. The lowest BCUT2D eigenvalue weighted by atomic mass is 9.97. The maximum atomic E-state index is 13.4. The Labute approximate surface area is 222 Å². The second kappa shape index (κ2) is 13.9. The van der Waals surface area contributed by atoms with Crippen LogP contribution in [0.4, 0.5) is 0 Å². The van der Waals surface area contributed by atoms with Crippen molar-refractivity contribution in [1.82, 2.24) is 20.9 Å². The standard InChI is InChI=1S/C27H41N5O6/c1-6-15(4)22(28)26(36)31-20(11-14(2)3)24(34)30-21(25(35)32-23(16(5)33)27(37)38)12-17-13-29-19-10-8-7-9-18(17)19/h7-10,13-16,20-23,29,33H,6,11-12,28H2,1-5H3,(H,30,34)(H,31,36)(H,32,35)(H,37,38). The first kappa shape index (κ1) is 30.8. The molecule has 0 spiro atoms. The van der Waals surface area contributed by atoms with Crippen molar-refractivity contribution in [3.05, 3.63) is 36.0 Å². The van der Waals surface area contributed by atoms with E-state index in [9.17, 15) is 29.4 Å². The summed E-state index contributed by atoms with van der Waals surface area (Å²) in [4.78, 5) is 54.1. The van der Waals surface area contributed by atoms with Gasteiger partial charge in [0.1, 0.15) is 12.1 Å². The number of carboxylic acid groups (broad SMARTS) is 1. The Morgan fingerprint density at radius 2 is 1.55 bits per heavy atom. The first-order valence-corrected chi connectivity index (χ1v) is 13.0. The highest BCUT2D eigenvalue weighted by Crippen LogP contribution is 2.19. The van der Waals surface area contributed by atoms with Crippen LogP contribution in [0.5, 0.6) is 0 Å². The molecule has 8 N–H and O–H groups in total. The van der Waals surface area contributed by atoms with Gasteiger partial charge in [-0.25, -0.2) is 4.79 Å². The van der Waals surface area contributed by atoms with E-state index in [0.717, 1.165) is 16.5 Å². The maximum Gasteiger partial charge on any atom is 0.328 e. The van der Waals surface area contributed by atoms with Crippen molar-refractivity contribution in [1.29, 1.82) is 0 Å². The molecule has 1 heterocycles. The van der Waals surface area contributed by atoms with Crippen molar-refractivity contribution in [3.63, 3.8) is 0 Å². The van der Waals surface area contributed by atoms with E-state index in [1.54, 1.807) is 6.20 Å². The lowest BCUT2D eigenvalue weighted by Crippen LogP contribution is -2.59. The van der Waals surface area contributed by atoms with Crippen LogP contribution in [0, 0.1) is 11.8 Å². The number of hydrogen-bond acceptors (Lipinski definition) is 6. The van der Waals surface area contributed by atoms with Crippen LogP contribution < -0.4 is 21.7 Å². The van der Waals surface area contributed by atoms with E-state index in [0.29, 0.717) is 12.8 Å². The van der Waals surface area contributed by atoms with Crippen molar-refractivity contribution in [2.75, 3.05) is 0 Å². The number of fused-ring (bicyclic) bond motifs is 1. The molecular formula is C27H41N5O6. The molecule has 0 saturated heterocycles. The minimum absolute atomic E-state index is 0.0402. The number of nitrogens with one attached hydrogen (secondary N) is 4. The van der Waals surface area contributed by atoms with Gasteiger partial charge in [-0.05, 0) is 36.8 Å². The van der Waals surface area contributed by atoms with Crippen molar-refractivity contribution in [2.24, 2.45) is 17.6 Å². The Morgan fingerprint density at radius 1 is 0.947 bits per heavy atom. The van der Waals surface area contributed by atoms with Gasteiger partial charge in [0.2, 0.25) is 17.7 Å². The molecule has 2 rings (SSSR count). The number of aromatic nitrogens is 1. The van der Waals surface area contributed by atoms with Gasteiger partial charge in [-0.3, -0.25) is 14.4 Å². The van der Waals surface area contributed by atoms with E-state index in [2.05, 4.69) is 20.9 Å². The average molecular weight is 532 g/mol. The summed E-state index contributed by atoms with van der Waals surface area (Å²) in [6.07, 6.45) is 1.39. The summed E-state index contributed by atoms with van der Waals surface area (Å²) in [5.74, 6) is -3.28. The molecule has 210 valence electrons. The number of aliphatic hydroxyl groups is 1. The van der Waals surface area contributed by atoms with E-state index >= 15 is 0 Å². The highest BCUT2D eigenvalue weighted by molar-refractivity contribution is 5.95. The molecule has 1 aromatic heterocycles. The van der Waals surface area contributed by atoms with E-state index in [4.69, 9.17) is 5.73 Å². The van der Waals surface area contributed by atoms with Crippen LogP contribution in [0.1, 0.15) is 53.0 Å². The molecule has 1 aromatic carbocycles. The third-order valence-electron chi connectivity index (χ3n) is 6.68. The Bertz CT molecular complexity index is 1110. The van der Waals surface area contributed by atoms with Gasteiger partial charge in [-0.1, -0.05) is 52.3 Å². The van der Waals surface area contributed by atoms with Gasteiger partial charge < -0.3 is 36.9 Å². The number of hydrogen-bond donors (Lipinski definition) is 7. The van der Waals surface area contributed by atoms with Crippen LogP contribution in [-0.4, -0.2) is 69.2 Å². The zero-order valence-electron chi connectivity index (χ0n) is 22.7. The quantitative estimate of drug-likeness (QED) is 0.190. The molecule has 11 heteroatoms. The predicted molar refractivity (Wildman–Crippen MR) is 144 cm³/mol. The fourth-order valence-corrected chi connectivity index (χ4v) is 4.13. The molecular weight excluding hydrogens is 490 g/mol. The van der Waals surface area contributed by atoms with Crippen LogP contribution >= 0.6 is 0 Å². The van der Waals surface area contributed by atoms with Gasteiger partial charge in [0, 0.05) is 23.5 Å². The number of nitrogens with two attached hydrogens (primary N) is 1. The van der Waals surface area contributed by atoms with Crippen molar-refractivity contribution in [2.45, 2.75) is 84.2 Å². The van der Waals surface area contributed by atoms with Crippen molar-refractivity contribution in [3.8, 4) is 0 Å². The Hall–Kier alpha value is -3.44. The average Bonchev–Trinajstić information content (AvgIpc) is 3.27. The smallest absolute Gasteiger partial charge is 0.328 e. The number of H-pyrrole nitrogens is 1. The molecule has 11 nitrogen and oxygen atoms in total. The first-order chi connectivity index (χ1) is 17.8. The van der Waals surface area contributed by atoms with E-state index in [-0.39, 0.29) is 18.3 Å². The highest BCUT2D eigenvalue weighted by atomic mass is 16.4. The number of amides is 3. The molecule has 0 saturated carbocycles. The lowest BCUT2D eigenvalue weighted by Gasteiger charge is -2.27. The van der Waals surface area contributed by atoms with Crippen LogP contribution in [0.3, 0.4) is 0 Å². The summed E-state index contributed by atoms with van der Waals surface area (Å²) in [7, 11) is 0. The van der Waals surface area contributed by atoms with Crippen LogP contribution in [0.2, 0.25) is 0 Å². The summed E-state index contributed by atoms with van der Waals surface area (Å²) in [5.41, 5.74) is 7.63. The number of benzene rings is 1. The van der Waals surface area contributed by atoms with Gasteiger partial charge in [-0.2, -0.15) is 0 Å². The molecule has 38 heavy (non-hydrogen) atoms. The van der Waals surface area contributed by atoms with Gasteiger partial charge in [-0.15, -0.1) is 0 Å². The summed E-state index contributed by atoms with van der Waals surface area (Å²) in [5, 5.41) is 27.9. The molecule has 3 amide bonds.